The number of aryl methyl sites for hydroxylation is 1. The molecule has 1 saturated heterocycles. The quantitative estimate of drug-likeness (QED) is 0.769. The molecule has 8 heteroatoms. The van der Waals surface area contributed by atoms with Crippen LogP contribution in [0, 0.1) is 6.92 Å². The van der Waals surface area contributed by atoms with Crippen molar-refractivity contribution in [2.75, 3.05) is 23.7 Å². The third-order valence-corrected chi connectivity index (χ3v) is 5.37. The number of hydrogen-bond donors (Lipinski definition) is 2. The summed E-state index contributed by atoms with van der Waals surface area (Å²) in [6.45, 7) is 8.96. The van der Waals surface area contributed by atoms with E-state index in [9.17, 15) is 4.79 Å². The van der Waals surface area contributed by atoms with Gasteiger partial charge in [-0.1, -0.05) is 11.6 Å². The molecule has 1 fully saturated rings. The Morgan fingerprint density at radius 3 is 2.92 bits per heavy atom. The second kappa shape index (κ2) is 6.53. The van der Waals surface area contributed by atoms with Gasteiger partial charge in [-0.15, -0.1) is 11.3 Å². The summed E-state index contributed by atoms with van der Waals surface area (Å²) in [6.07, 6.45) is 0.435. The number of anilines is 2. The van der Waals surface area contributed by atoms with Gasteiger partial charge in [-0.3, -0.25) is 0 Å². The number of amides is 1. The molecule has 0 aliphatic carbocycles. The van der Waals surface area contributed by atoms with E-state index in [-0.39, 0.29) is 6.04 Å². The number of hydrogen-bond acceptors (Lipinski definition) is 6. The lowest BCUT2D eigenvalue weighted by Crippen LogP contribution is -2.40. The molecule has 0 bridgehead atoms. The van der Waals surface area contributed by atoms with Gasteiger partial charge < -0.3 is 20.7 Å². The molecule has 0 unspecified atom stereocenters. The largest absolute Gasteiger partial charge is 0.444 e. The topological polar surface area (TPSA) is 80.5 Å². The summed E-state index contributed by atoms with van der Waals surface area (Å²) in [6, 6.07) is 1.80. The van der Waals surface area contributed by atoms with Gasteiger partial charge in [-0.25, -0.2) is 9.78 Å². The van der Waals surface area contributed by atoms with Crippen molar-refractivity contribution in [2.45, 2.75) is 45.8 Å². The van der Waals surface area contributed by atoms with Gasteiger partial charge >= 0.3 is 6.09 Å². The molecule has 0 radical (unpaired) electrons. The number of alkyl carbamates (subject to hydrolysis) is 1. The van der Waals surface area contributed by atoms with Gasteiger partial charge in [0.05, 0.1) is 32.1 Å². The molecule has 1 amide bonds. The zero-order valence-corrected chi connectivity index (χ0v) is 16.4. The summed E-state index contributed by atoms with van der Waals surface area (Å²) >= 11 is 7.87. The first-order chi connectivity index (χ1) is 11.6. The number of thiazole rings is 1. The minimum atomic E-state index is -0.507. The van der Waals surface area contributed by atoms with E-state index in [4.69, 9.17) is 22.1 Å². The molecule has 25 heavy (non-hydrogen) atoms. The van der Waals surface area contributed by atoms with Crippen LogP contribution in [0.25, 0.3) is 10.2 Å². The third-order valence-electron chi connectivity index (χ3n) is 3.96. The fourth-order valence-electron chi connectivity index (χ4n) is 3.04. The maximum atomic E-state index is 12.0. The first-order valence-corrected chi connectivity index (χ1v) is 9.43. The normalized spacial score (nSPS) is 18.0. The van der Waals surface area contributed by atoms with Gasteiger partial charge in [-0.05, 0) is 40.2 Å². The first kappa shape index (κ1) is 18.1. The van der Waals surface area contributed by atoms with Crippen molar-refractivity contribution in [3.63, 3.8) is 0 Å². The van der Waals surface area contributed by atoms with Crippen LogP contribution < -0.4 is 16.0 Å². The molecule has 0 saturated carbocycles. The minimum absolute atomic E-state index is 0.0136. The summed E-state index contributed by atoms with van der Waals surface area (Å²) < 4.78 is 6.28. The van der Waals surface area contributed by atoms with E-state index in [2.05, 4.69) is 15.2 Å². The third kappa shape index (κ3) is 3.93. The van der Waals surface area contributed by atoms with E-state index < -0.39 is 11.7 Å². The number of fused-ring (bicyclic) bond motifs is 1. The number of halogens is 1. The van der Waals surface area contributed by atoms with Crippen molar-refractivity contribution in [1.82, 2.24) is 10.3 Å². The van der Waals surface area contributed by atoms with Gasteiger partial charge in [0.25, 0.3) is 0 Å². The van der Waals surface area contributed by atoms with E-state index in [0.717, 1.165) is 33.9 Å². The monoisotopic (exact) mass is 382 g/mol. The molecule has 136 valence electrons. The van der Waals surface area contributed by atoms with Gasteiger partial charge in [0.15, 0.2) is 0 Å². The van der Waals surface area contributed by atoms with E-state index in [1.165, 1.54) is 0 Å². The smallest absolute Gasteiger partial charge is 0.407 e. The number of carbonyl (C=O) groups is 1. The zero-order chi connectivity index (χ0) is 18.4. The summed E-state index contributed by atoms with van der Waals surface area (Å²) in [4.78, 5) is 18.8. The molecule has 2 aromatic rings. The van der Waals surface area contributed by atoms with Crippen LogP contribution in [0.15, 0.2) is 6.07 Å². The highest BCUT2D eigenvalue weighted by Crippen LogP contribution is 2.41. The number of ether oxygens (including phenoxy) is 1. The standard InChI is InChI=1S/C17H23ClN4O2S/c1-9-20-13-14(12(19)7-11(18)15(13)25-9)22-6-5-10(8-22)21-16(23)24-17(2,3)4/h7,10H,5-6,8,19H2,1-4H3,(H,21,23)/t10-/m0/s1. The Hall–Kier alpha value is -1.73. The van der Waals surface area contributed by atoms with Crippen LogP contribution in [0.5, 0.6) is 0 Å². The van der Waals surface area contributed by atoms with Gasteiger partial charge in [0, 0.05) is 13.1 Å². The lowest BCUT2D eigenvalue weighted by Gasteiger charge is -2.23. The second-order valence-corrected chi connectivity index (χ2v) is 8.90. The van der Waals surface area contributed by atoms with Crippen molar-refractivity contribution in [3.8, 4) is 0 Å². The van der Waals surface area contributed by atoms with Crippen molar-refractivity contribution in [3.05, 3.63) is 16.1 Å². The number of aromatic nitrogens is 1. The average Bonchev–Trinajstić information content (AvgIpc) is 3.03. The number of carbonyl (C=O) groups excluding carboxylic acids is 1. The Balaban J connectivity index is 1.79. The number of rotatable bonds is 2. The molecule has 6 nitrogen and oxygen atoms in total. The van der Waals surface area contributed by atoms with E-state index in [0.29, 0.717) is 17.3 Å². The van der Waals surface area contributed by atoms with Crippen LogP contribution in [0.4, 0.5) is 16.2 Å². The highest BCUT2D eigenvalue weighted by molar-refractivity contribution is 7.19. The summed E-state index contributed by atoms with van der Waals surface area (Å²) in [5, 5.41) is 4.51. The highest BCUT2D eigenvalue weighted by Gasteiger charge is 2.29. The SMILES string of the molecule is Cc1nc2c(N3CC[C@H](NC(=O)OC(C)(C)C)C3)c(N)cc(Cl)c2s1. The summed E-state index contributed by atoms with van der Waals surface area (Å²) in [7, 11) is 0. The van der Waals surface area contributed by atoms with Crippen molar-refractivity contribution in [1.29, 1.82) is 0 Å². The van der Waals surface area contributed by atoms with E-state index >= 15 is 0 Å². The molecule has 2 heterocycles. The van der Waals surface area contributed by atoms with E-state index in [1.807, 2.05) is 27.7 Å². The molecular formula is C17H23ClN4O2S. The predicted molar refractivity (Wildman–Crippen MR) is 104 cm³/mol. The number of nitrogens with two attached hydrogens (primary N) is 1. The number of benzene rings is 1. The molecule has 0 spiro atoms. The van der Waals surface area contributed by atoms with Crippen molar-refractivity contribution < 1.29 is 9.53 Å². The minimum Gasteiger partial charge on any atom is -0.444 e. The molecule has 1 aliphatic rings. The molecule has 1 aromatic heterocycles. The van der Waals surface area contributed by atoms with Crippen LogP contribution in [-0.2, 0) is 4.74 Å². The molecule has 3 N–H and O–H groups in total. The average molecular weight is 383 g/mol. The molecule has 1 aromatic carbocycles. The Kier molecular flexibility index (Phi) is 4.72. The van der Waals surface area contributed by atoms with Gasteiger partial charge in [0.2, 0.25) is 0 Å². The Bertz CT molecular complexity index is 815. The van der Waals surface area contributed by atoms with Crippen LogP contribution in [0.1, 0.15) is 32.2 Å². The highest BCUT2D eigenvalue weighted by atomic mass is 35.5. The van der Waals surface area contributed by atoms with Crippen LogP contribution in [0.3, 0.4) is 0 Å². The van der Waals surface area contributed by atoms with Crippen LogP contribution in [-0.4, -0.2) is 35.8 Å². The lowest BCUT2D eigenvalue weighted by molar-refractivity contribution is 0.0509. The molecule has 1 atom stereocenters. The number of nitrogens with one attached hydrogen (secondary N) is 1. The Morgan fingerprint density at radius 1 is 1.52 bits per heavy atom. The lowest BCUT2D eigenvalue weighted by atomic mass is 10.2. The fraction of sp³-hybridized carbons (Fsp3) is 0.529. The zero-order valence-electron chi connectivity index (χ0n) is 14.9. The first-order valence-electron chi connectivity index (χ1n) is 8.23. The number of nitrogens with zero attached hydrogens (tertiary/aromatic N) is 2. The second-order valence-electron chi connectivity index (χ2n) is 7.28. The van der Waals surface area contributed by atoms with Crippen LogP contribution >= 0.6 is 22.9 Å². The molecular weight excluding hydrogens is 360 g/mol. The molecule has 1 aliphatic heterocycles. The summed E-state index contributed by atoms with van der Waals surface area (Å²) in [5.41, 5.74) is 8.08. The maximum absolute atomic E-state index is 12.0. The van der Waals surface area contributed by atoms with Crippen LogP contribution in [0.2, 0.25) is 5.02 Å². The Labute approximate surface area is 156 Å². The predicted octanol–water partition coefficient (Wildman–Crippen LogP) is 3.94. The Morgan fingerprint density at radius 2 is 2.24 bits per heavy atom. The number of nitrogen functional groups attached to an aromatic ring is 1. The summed E-state index contributed by atoms with van der Waals surface area (Å²) in [5.74, 6) is 0. The van der Waals surface area contributed by atoms with Crippen molar-refractivity contribution >= 4 is 50.6 Å². The molecule has 3 rings (SSSR count). The fourth-order valence-corrected chi connectivity index (χ4v) is 4.19. The van der Waals surface area contributed by atoms with Crippen molar-refractivity contribution in [2.24, 2.45) is 0 Å². The van der Waals surface area contributed by atoms with E-state index in [1.54, 1.807) is 17.4 Å². The van der Waals surface area contributed by atoms with Gasteiger partial charge in [0.1, 0.15) is 11.1 Å². The maximum Gasteiger partial charge on any atom is 0.407 e. The van der Waals surface area contributed by atoms with Gasteiger partial charge in [-0.2, -0.15) is 0 Å².